The van der Waals surface area contributed by atoms with Crippen molar-refractivity contribution in [3.63, 3.8) is 0 Å². The highest BCUT2D eigenvalue weighted by Crippen LogP contribution is 2.33. The molecule has 12 nitrogen and oxygen atoms in total. The van der Waals surface area contributed by atoms with Gasteiger partial charge in [-0.1, -0.05) is 82.6 Å². The van der Waals surface area contributed by atoms with E-state index in [0.717, 1.165) is 25.7 Å². The van der Waals surface area contributed by atoms with Crippen LogP contribution in [0.4, 0.5) is 16.2 Å². The number of anilines is 1. The Morgan fingerprint density at radius 3 is 1.43 bits per heavy atom. The van der Waals surface area contributed by atoms with Gasteiger partial charge < -0.3 is 9.84 Å². The lowest BCUT2D eigenvalue weighted by Gasteiger charge is -2.33. The van der Waals surface area contributed by atoms with E-state index in [1.807, 2.05) is 48.5 Å². The first-order chi connectivity index (χ1) is 30.1. The summed E-state index contributed by atoms with van der Waals surface area (Å²) in [6, 6.07) is 29.2. The Labute approximate surface area is 370 Å². The molecule has 4 aromatic rings. The fourth-order valence-corrected chi connectivity index (χ4v) is 8.42. The number of amides is 5. The van der Waals surface area contributed by atoms with Gasteiger partial charge in [0.25, 0.3) is 23.6 Å². The minimum Gasteiger partial charge on any atom is -0.446 e. The molecule has 2 aliphatic heterocycles. The Morgan fingerprint density at radius 2 is 1.03 bits per heavy atom. The van der Waals surface area contributed by atoms with E-state index in [0.29, 0.717) is 85.0 Å². The van der Waals surface area contributed by atoms with Crippen LogP contribution in [-0.4, -0.2) is 75.0 Å². The number of hydrogen-bond donors (Lipinski definition) is 2. The van der Waals surface area contributed by atoms with Gasteiger partial charge in [-0.25, -0.2) is 9.59 Å². The number of nitrogens with one attached hydrogen (secondary N) is 1. The second-order valence-electron chi connectivity index (χ2n) is 16.2. The Kier molecular flexibility index (Phi) is 17.7. The smallest absolute Gasteiger partial charge is 0.411 e. The van der Waals surface area contributed by atoms with Crippen molar-refractivity contribution in [2.75, 3.05) is 5.32 Å². The molecule has 0 unspecified atom stereocenters. The summed E-state index contributed by atoms with van der Waals surface area (Å²) in [6.07, 6.45) is 12.7. The summed E-state index contributed by atoms with van der Waals surface area (Å²) in [5, 5.41) is 12.3. The van der Waals surface area contributed by atoms with Crippen molar-refractivity contribution in [3.05, 3.63) is 130 Å². The summed E-state index contributed by atoms with van der Waals surface area (Å²) >= 11 is 0. The zero-order chi connectivity index (χ0) is 44.0. The molecule has 0 saturated heterocycles. The van der Waals surface area contributed by atoms with Gasteiger partial charge in [0.15, 0.2) is 0 Å². The van der Waals surface area contributed by atoms with E-state index in [1.165, 1.54) is 39.8 Å². The van der Waals surface area contributed by atoms with Crippen LogP contribution in [0.1, 0.15) is 151 Å². The van der Waals surface area contributed by atoms with Crippen molar-refractivity contribution in [1.82, 2.24) is 9.80 Å². The number of fused-ring (bicyclic) bond motifs is 2. The lowest BCUT2D eigenvalue weighted by Crippen LogP contribution is -2.43. The predicted octanol–water partition coefficient (Wildman–Crippen LogP) is 10.4. The Balaban J connectivity index is 0.000000197. The maximum Gasteiger partial charge on any atom is 0.411 e. The van der Waals surface area contributed by atoms with E-state index in [-0.39, 0.29) is 55.3 Å². The van der Waals surface area contributed by atoms with Crippen LogP contribution < -0.4 is 5.32 Å². The maximum absolute atomic E-state index is 12.7. The van der Waals surface area contributed by atoms with E-state index in [9.17, 15) is 33.9 Å². The number of carbonyl (C=O) groups is 5. The van der Waals surface area contributed by atoms with Crippen molar-refractivity contribution in [2.24, 2.45) is 4.99 Å². The van der Waals surface area contributed by atoms with Crippen LogP contribution in [0.3, 0.4) is 0 Å². The molecule has 0 spiro atoms. The Bertz CT molecular complexity index is 2170. The Morgan fingerprint density at radius 1 is 0.635 bits per heavy atom. The van der Waals surface area contributed by atoms with E-state index in [2.05, 4.69) is 24.2 Å². The first kappa shape index (κ1) is 47.8. The zero-order valence-corrected chi connectivity index (χ0v) is 35.6. The molecule has 2 fully saturated rings. The third-order valence-electron chi connectivity index (χ3n) is 11.9. The molecule has 2 N–H and O–H groups in total. The van der Waals surface area contributed by atoms with Crippen LogP contribution in [0, 0.1) is 0 Å². The number of isocyanates is 1. The second-order valence-corrected chi connectivity index (χ2v) is 16.2. The van der Waals surface area contributed by atoms with Gasteiger partial charge in [0.05, 0.1) is 34.0 Å². The van der Waals surface area contributed by atoms with Crippen LogP contribution >= 0.6 is 0 Å². The molecule has 4 aliphatic rings. The lowest BCUT2D eigenvalue weighted by molar-refractivity contribution is 0.0401. The van der Waals surface area contributed by atoms with Gasteiger partial charge in [-0.05, 0) is 137 Å². The summed E-state index contributed by atoms with van der Waals surface area (Å²) in [5.74, 6) is -0.802. The number of unbranched alkanes of at least 4 members (excludes halogenated alkanes) is 2. The Hall–Kier alpha value is -6.23. The summed E-state index contributed by atoms with van der Waals surface area (Å²) in [5.41, 5.74) is 5.92. The van der Waals surface area contributed by atoms with Gasteiger partial charge in [0, 0.05) is 17.8 Å². The van der Waals surface area contributed by atoms with Crippen molar-refractivity contribution in [3.8, 4) is 0 Å². The highest BCUT2D eigenvalue weighted by molar-refractivity contribution is 6.22. The zero-order valence-electron chi connectivity index (χ0n) is 35.6. The van der Waals surface area contributed by atoms with Gasteiger partial charge in [-0.3, -0.25) is 34.3 Å². The minimum absolute atomic E-state index is 0. The van der Waals surface area contributed by atoms with Gasteiger partial charge in [-0.2, -0.15) is 4.99 Å². The normalized spacial score (nSPS) is 19.9. The first-order valence-corrected chi connectivity index (χ1v) is 22.0. The molecule has 2 aliphatic carbocycles. The molecule has 332 valence electrons. The molecule has 2 saturated carbocycles. The molecule has 5 amide bonds. The highest BCUT2D eigenvalue weighted by atomic mass is 16.6. The van der Waals surface area contributed by atoms with Crippen LogP contribution in [-0.2, 0) is 22.4 Å². The van der Waals surface area contributed by atoms with Crippen LogP contribution in [0.15, 0.2) is 102 Å². The number of carbonyl (C=O) groups excluding carboxylic acids is 6. The summed E-state index contributed by atoms with van der Waals surface area (Å²) < 4.78 is 5.58. The lowest BCUT2D eigenvalue weighted by atomic mass is 9.92. The molecular formula is C51H60N4O8. The minimum atomic E-state index is -0.467. The van der Waals surface area contributed by atoms with Gasteiger partial charge in [0.1, 0.15) is 6.10 Å². The van der Waals surface area contributed by atoms with Crippen LogP contribution in [0.5, 0.6) is 0 Å². The van der Waals surface area contributed by atoms with Crippen molar-refractivity contribution < 1.29 is 38.6 Å². The number of nitrogens with zero attached hydrogens (tertiary/aromatic N) is 3. The molecule has 2 heterocycles. The molecule has 0 atom stereocenters. The third-order valence-corrected chi connectivity index (χ3v) is 11.9. The number of hydrogen-bond acceptors (Lipinski definition) is 9. The summed E-state index contributed by atoms with van der Waals surface area (Å²) in [4.78, 5) is 78.3. The number of aryl methyl sites for hydroxylation is 2. The first-order valence-electron chi connectivity index (χ1n) is 22.0. The average Bonchev–Trinajstić information content (AvgIpc) is 3.70. The second kappa shape index (κ2) is 23.3. The SMILES string of the molecule is C.CCCCc1ccc(N=C=O)cc1.CCCCc1ccc(NC(=O)OC2CCC(N3C(=O)c4ccccc4C3=O)CC2)cc1.O=C1c2ccccc2C(=O)N1C1CCC(O)CC1. The molecule has 0 bridgehead atoms. The third kappa shape index (κ3) is 12.2. The van der Waals surface area contributed by atoms with Gasteiger partial charge in [-0.15, -0.1) is 0 Å². The molecule has 4 aromatic carbocycles. The maximum atomic E-state index is 12.7. The topological polar surface area (TPSA) is 163 Å². The molecular weight excluding hydrogens is 797 g/mol. The fraction of sp³-hybridized carbons (Fsp3) is 0.412. The molecule has 63 heavy (non-hydrogen) atoms. The fourth-order valence-electron chi connectivity index (χ4n) is 8.42. The van der Waals surface area contributed by atoms with Crippen LogP contribution in [0.25, 0.3) is 0 Å². The average molecular weight is 857 g/mol. The summed E-state index contributed by atoms with van der Waals surface area (Å²) in [7, 11) is 0. The van der Waals surface area contributed by atoms with Crippen molar-refractivity contribution in [2.45, 2.75) is 135 Å². The number of benzene rings is 4. The quantitative estimate of drug-likeness (QED) is 0.0855. The monoisotopic (exact) mass is 856 g/mol. The number of aliphatic hydroxyl groups excluding tert-OH is 1. The number of ether oxygens (including phenoxy) is 1. The molecule has 0 radical (unpaired) electrons. The number of rotatable bonds is 11. The summed E-state index contributed by atoms with van der Waals surface area (Å²) in [6.45, 7) is 4.34. The predicted molar refractivity (Wildman–Crippen MR) is 243 cm³/mol. The van der Waals surface area contributed by atoms with E-state index >= 15 is 0 Å². The van der Waals surface area contributed by atoms with E-state index < -0.39 is 6.09 Å². The van der Waals surface area contributed by atoms with Gasteiger partial charge >= 0.3 is 6.09 Å². The van der Waals surface area contributed by atoms with Crippen molar-refractivity contribution >= 4 is 47.2 Å². The molecule has 0 aromatic heterocycles. The standard InChI is InChI=1S/C25H28N2O4.C14H15NO3.C11H13NO.CH4/c1-2-3-6-17-9-11-18(12-10-17)26-25(30)31-20-15-13-19(14-16-20)27-23(28)21-7-4-5-8-22(21)24(27)29;16-10-7-5-9(6-8-10)15-13(17)11-3-1-2-4-12(11)14(15)18;1-2-3-4-10-5-7-11(8-6-10)12-9-13;/h4-5,7-12,19-20H,2-3,6,13-16H2,1H3,(H,26,30);1-4,9-10,16H,5-8H2;5-8H,2-4H2,1H3;1H4. The van der Waals surface area contributed by atoms with Gasteiger partial charge in [0.2, 0.25) is 6.08 Å². The highest BCUT2D eigenvalue weighted by Gasteiger charge is 2.42. The van der Waals surface area contributed by atoms with Crippen LogP contribution in [0.2, 0.25) is 0 Å². The van der Waals surface area contributed by atoms with E-state index in [1.54, 1.807) is 48.5 Å². The number of aliphatic imine (C=N–C) groups is 1. The molecule has 8 rings (SSSR count). The number of aliphatic hydroxyl groups is 1. The number of imide groups is 2. The van der Waals surface area contributed by atoms with Crippen molar-refractivity contribution in [1.29, 1.82) is 0 Å². The largest absolute Gasteiger partial charge is 0.446 e. The molecule has 12 heteroatoms. The van der Waals surface area contributed by atoms with E-state index in [4.69, 9.17) is 4.74 Å².